The van der Waals surface area contributed by atoms with E-state index in [1.807, 2.05) is 6.07 Å². The molecule has 1 saturated carbocycles. The maximum Gasteiger partial charge on any atom is 0.273 e. The Morgan fingerprint density at radius 3 is 2.79 bits per heavy atom. The van der Waals surface area contributed by atoms with Crippen LogP contribution in [0.5, 0.6) is 0 Å². The highest BCUT2D eigenvalue weighted by Gasteiger charge is 2.46. The van der Waals surface area contributed by atoms with Crippen molar-refractivity contribution in [3.8, 4) is 6.07 Å². The minimum absolute atomic E-state index is 0.231. The molecular formula is C18H21N9O. The molecule has 28 heavy (non-hydrogen) atoms. The van der Waals surface area contributed by atoms with E-state index in [0.29, 0.717) is 28.8 Å². The number of rotatable bonds is 5. The minimum Gasteiger partial charge on any atom is -0.380 e. The van der Waals surface area contributed by atoms with Crippen molar-refractivity contribution < 1.29 is 4.79 Å². The van der Waals surface area contributed by atoms with Gasteiger partial charge >= 0.3 is 0 Å². The van der Waals surface area contributed by atoms with Gasteiger partial charge in [-0.2, -0.15) is 5.26 Å². The summed E-state index contributed by atoms with van der Waals surface area (Å²) in [4.78, 5) is 20.3. The number of hydrogen-bond donors (Lipinski definition) is 4. The zero-order valence-electron chi connectivity index (χ0n) is 15.5. The molecule has 0 aromatic carbocycles. The second-order valence-electron chi connectivity index (χ2n) is 7.27. The monoisotopic (exact) mass is 379 g/mol. The van der Waals surface area contributed by atoms with E-state index in [2.05, 4.69) is 41.4 Å². The summed E-state index contributed by atoms with van der Waals surface area (Å²) in [6.45, 7) is 2.14. The number of nitriles is 1. The molecule has 1 spiro atoms. The molecule has 1 aliphatic heterocycles. The van der Waals surface area contributed by atoms with Gasteiger partial charge in [0, 0.05) is 25.7 Å². The molecule has 1 amide bonds. The maximum absolute atomic E-state index is 12.2. The van der Waals surface area contributed by atoms with Crippen LogP contribution in [0.3, 0.4) is 0 Å². The van der Waals surface area contributed by atoms with E-state index in [9.17, 15) is 4.79 Å². The van der Waals surface area contributed by atoms with Crippen LogP contribution in [0, 0.1) is 16.7 Å². The van der Waals surface area contributed by atoms with Crippen LogP contribution in [-0.2, 0) is 0 Å². The summed E-state index contributed by atoms with van der Waals surface area (Å²) in [5, 5.41) is 29.4. The molecule has 3 heterocycles. The van der Waals surface area contributed by atoms with Crippen molar-refractivity contribution >= 4 is 23.2 Å². The Morgan fingerprint density at radius 1 is 1.29 bits per heavy atom. The highest BCUT2D eigenvalue weighted by Crippen LogP contribution is 2.46. The molecule has 0 atom stereocenters. The highest BCUT2D eigenvalue weighted by molar-refractivity contribution is 5.97. The van der Waals surface area contributed by atoms with Gasteiger partial charge in [-0.3, -0.25) is 4.79 Å². The van der Waals surface area contributed by atoms with Gasteiger partial charge in [-0.25, -0.2) is 9.97 Å². The van der Waals surface area contributed by atoms with Crippen molar-refractivity contribution in [1.29, 1.82) is 5.26 Å². The van der Waals surface area contributed by atoms with E-state index in [4.69, 9.17) is 5.26 Å². The third-order valence-electron chi connectivity index (χ3n) is 5.31. The standard InChI is InChI=1S/C18H21N9O/c1-20-17(28)16-13(24-11-5-18(6-11)2-3-21-10-18)4-14(26-27-16)25-15-9-22-12(7-19)8-23-15/h4,8-9,11,21H,2-3,5-6,10H2,1H3,(H,20,28)(H2,23,24,25,26). The Labute approximate surface area is 162 Å². The fraction of sp³-hybridized carbons (Fsp3) is 0.444. The molecule has 0 bridgehead atoms. The molecule has 144 valence electrons. The molecular weight excluding hydrogens is 358 g/mol. The normalized spacial score (nSPS) is 22.9. The highest BCUT2D eigenvalue weighted by atomic mass is 16.1. The predicted octanol–water partition coefficient (Wildman–Crippen LogP) is 0.795. The van der Waals surface area contributed by atoms with Gasteiger partial charge in [0.1, 0.15) is 11.9 Å². The number of hydrogen-bond acceptors (Lipinski definition) is 9. The molecule has 1 aliphatic carbocycles. The summed E-state index contributed by atoms with van der Waals surface area (Å²) in [6, 6.07) is 3.97. The summed E-state index contributed by atoms with van der Waals surface area (Å²) in [5.41, 5.74) is 1.51. The molecule has 2 aliphatic rings. The minimum atomic E-state index is -0.295. The summed E-state index contributed by atoms with van der Waals surface area (Å²) >= 11 is 0. The van der Waals surface area contributed by atoms with Crippen molar-refractivity contribution in [3.05, 3.63) is 29.8 Å². The van der Waals surface area contributed by atoms with Gasteiger partial charge in [0.05, 0.1) is 18.1 Å². The first-order chi connectivity index (χ1) is 13.6. The largest absolute Gasteiger partial charge is 0.380 e. The first-order valence-corrected chi connectivity index (χ1v) is 9.17. The lowest BCUT2D eigenvalue weighted by molar-refractivity contribution is 0.0957. The molecule has 2 aromatic heterocycles. The Bertz CT molecular complexity index is 908. The third kappa shape index (κ3) is 3.57. The van der Waals surface area contributed by atoms with Crippen molar-refractivity contribution in [2.24, 2.45) is 5.41 Å². The summed E-state index contributed by atoms with van der Waals surface area (Å²) in [6.07, 6.45) is 6.16. The van der Waals surface area contributed by atoms with Gasteiger partial charge in [-0.05, 0) is 31.2 Å². The summed E-state index contributed by atoms with van der Waals surface area (Å²) < 4.78 is 0. The van der Waals surface area contributed by atoms with Crippen molar-refractivity contribution in [1.82, 2.24) is 30.8 Å². The zero-order valence-corrected chi connectivity index (χ0v) is 15.5. The molecule has 0 radical (unpaired) electrons. The average molecular weight is 379 g/mol. The number of nitrogens with zero attached hydrogens (tertiary/aromatic N) is 5. The maximum atomic E-state index is 12.2. The zero-order chi connectivity index (χ0) is 19.6. The fourth-order valence-electron chi connectivity index (χ4n) is 3.88. The molecule has 0 unspecified atom stereocenters. The fourth-order valence-corrected chi connectivity index (χ4v) is 3.88. The van der Waals surface area contributed by atoms with E-state index in [1.165, 1.54) is 18.8 Å². The van der Waals surface area contributed by atoms with Crippen LogP contribution in [-0.4, -0.2) is 52.3 Å². The predicted molar refractivity (Wildman–Crippen MR) is 102 cm³/mol. The van der Waals surface area contributed by atoms with Crippen LogP contribution in [0.2, 0.25) is 0 Å². The molecule has 2 fully saturated rings. The molecule has 1 saturated heterocycles. The van der Waals surface area contributed by atoms with Crippen LogP contribution >= 0.6 is 0 Å². The van der Waals surface area contributed by atoms with Crippen LogP contribution in [0.1, 0.15) is 35.4 Å². The SMILES string of the molecule is CNC(=O)c1nnc(Nc2cnc(C#N)cn2)cc1NC1CC2(CCNC2)C1. The number of carbonyl (C=O) groups excluding carboxylic acids is 1. The Morgan fingerprint density at radius 2 is 2.14 bits per heavy atom. The van der Waals surface area contributed by atoms with Crippen LogP contribution in [0.25, 0.3) is 0 Å². The van der Waals surface area contributed by atoms with Crippen molar-refractivity contribution in [2.75, 3.05) is 30.8 Å². The molecule has 10 heteroatoms. The van der Waals surface area contributed by atoms with Crippen LogP contribution in [0.4, 0.5) is 17.3 Å². The lowest BCUT2D eigenvalue weighted by atomic mass is 9.65. The van der Waals surface area contributed by atoms with Crippen LogP contribution < -0.4 is 21.3 Å². The molecule has 10 nitrogen and oxygen atoms in total. The second kappa shape index (κ2) is 7.36. The van der Waals surface area contributed by atoms with Crippen LogP contribution in [0.15, 0.2) is 18.5 Å². The lowest BCUT2D eigenvalue weighted by Crippen LogP contribution is -2.46. The van der Waals surface area contributed by atoms with Gasteiger partial charge in [0.2, 0.25) is 0 Å². The smallest absolute Gasteiger partial charge is 0.273 e. The molecule has 4 rings (SSSR count). The Kier molecular flexibility index (Phi) is 4.75. The van der Waals surface area contributed by atoms with E-state index in [-0.39, 0.29) is 17.3 Å². The van der Waals surface area contributed by atoms with Gasteiger partial charge in [0.15, 0.2) is 17.2 Å². The second-order valence-corrected chi connectivity index (χ2v) is 7.27. The topological polar surface area (TPSA) is 141 Å². The Balaban J connectivity index is 1.51. The number of amides is 1. The quantitative estimate of drug-likeness (QED) is 0.593. The van der Waals surface area contributed by atoms with E-state index in [1.54, 1.807) is 13.1 Å². The van der Waals surface area contributed by atoms with Gasteiger partial charge in [-0.15, -0.1) is 10.2 Å². The third-order valence-corrected chi connectivity index (χ3v) is 5.31. The first-order valence-electron chi connectivity index (χ1n) is 9.17. The first kappa shape index (κ1) is 18.1. The van der Waals surface area contributed by atoms with E-state index < -0.39 is 0 Å². The number of nitrogens with one attached hydrogen (secondary N) is 4. The van der Waals surface area contributed by atoms with E-state index in [0.717, 1.165) is 25.9 Å². The average Bonchev–Trinajstić information content (AvgIpc) is 3.18. The lowest BCUT2D eigenvalue weighted by Gasteiger charge is -2.45. The summed E-state index contributed by atoms with van der Waals surface area (Å²) in [7, 11) is 1.56. The number of anilines is 3. The number of carbonyl (C=O) groups is 1. The molecule has 2 aromatic rings. The number of aromatic nitrogens is 4. The molecule has 4 N–H and O–H groups in total. The van der Waals surface area contributed by atoms with E-state index >= 15 is 0 Å². The van der Waals surface area contributed by atoms with Gasteiger partial charge < -0.3 is 21.3 Å². The summed E-state index contributed by atoms with van der Waals surface area (Å²) in [5.74, 6) is 0.577. The van der Waals surface area contributed by atoms with Gasteiger partial charge in [-0.1, -0.05) is 0 Å². The van der Waals surface area contributed by atoms with Crippen molar-refractivity contribution in [3.63, 3.8) is 0 Å². The van der Waals surface area contributed by atoms with Crippen molar-refractivity contribution in [2.45, 2.75) is 25.3 Å². The Hall–Kier alpha value is -3.32. The van der Waals surface area contributed by atoms with Gasteiger partial charge in [0.25, 0.3) is 5.91 Å².